The normalized spacial score (nSPS) is 16.4. The monoisotopic (exact) mass is 375 g/mol. The van der Waals surface area contributed by atoms with Crippen LogP contribution in [-0.4, -0.2) is 32.2 Å². The zero-order valence-corrected chi connectivity index (χ0v) is 16.5. The van der Waals surface area contributed by atoms with E-state index in [0.717, 1.165) is 30.6 Å². The number of anilines is 1. The van der Waals surface area contributed by atoms with Gasteiger partial charge in [0, 0.05) is 31.5 Å². The van der Waals surface area contributed by atoms with Crippen LogP contribution < -0.4 is 5.32 Å². The van der Waals surface area contributed by atoms with E-state index < -0.39 is 0 Å². The van der Waals surface area contributed by atoms with Crippen LogP contribution in [-0.2, 0) is 7.05 Å². The fourth-order valence-electron chi connectivity index (χ4n) is 4.13. The molecule has 4 rings (SSSR count). The van der Waals surface area contributed by atoms with Crippen molar-refractivity contribution in [1.82, 2.24) is 19.7 Å². The van der Waals surface area contributed by atoms with Gasteiger partial charge in [0.15, 0.2) is 0 Å². The second kappa shape index (κ2) is 7.46. The smallest absolute Gasteiger partial charge is 0.317 e. The third-order valence-electron chi connectivity index (χ3n) is 5.42. The van der Waals surface area contributed by atoms with Crippen LogP contribution in [0, 0.1) is 13.8 Å². The first kappa shape index (κ1) is 18.2. The molecule has 1 aliphatic rings. The van der Waals surface area contributed by atoms with Gasteiger partial charge in [0.05, 0.1) is 23.6 Å². The Morgan fingerprint density at radius 2 is 1.96 bits per heavy atom. The molecule has 1 aliphatic heterocycles. The summed E-state index contributed by atoms with van der Waals surface area (Å²) in [5.41, 5.74) is 6.06. The van der Waals surface area contributed by atoms with Gasteiger partial charge in [0.1, 0.15) is 0 Å². The number of carbonyl (C=O) groups is 1. The summed E-state index contributed by atoms with van der Waals surface area (Å²) in [5, 5.41) is 7.30. The maximum absolute atomic E-state index is 13.2. The molecule has 1 unspecified atom stereocenters. The molecule has 0 spiro atoms. The number of pyridine rings is 1. The summed E-state index contributed by atoms with van der Waals surface area (Å²) in [6.07, 6.45) is 7.38. The van der Waals surface area contributed by atoms with E-state index in [1.165, 1.54) is 16.7 Å². The second-order valence-electron chi connectivity index (χ2n) is 7.39. The summed E-state index contributed by atoms with van der Waals surface area (Å²) in [5.74, 6) is 0. The number of nitrogens with zero attached hydrogens (tertiary/aromatic N) is 4. The molecule has 1 aromatic carbocycles. The number of nitrogens with one attached hydrogen (secondary N) is 1. The van der Waals surface area contributed by atoms with Crippen LogP contribution in [0.2, 0.25) is 0 Å². The van der Waals surface area contributed by atoms with E-state index in [-0.39, 0.29) is 12.1 Å². The molecule has 6 heteroatoms. The third-order valence-corrected chi connectivity index (χ3v) is 5.42. The molecule has 2 amide bonds. The lowest BCUT2D eigenvalue weighted by molar-refractivity contribution is 0.207. The van der Waals surface area contributed by atoms with E-state index in [1.807, 2.05) is 30.3 Å². The van der Waals surface area contributed by atoms with E-state index in [0.29, 0.717) is 5.69 Å². The highest BCUT2D eigenvalue weighted by Crippen LogP contribution is 2.36. The average molecular weight is 375 g/mol. The van der Waals surface area contributed by atoms with E-state index in [4.69, 9.17) is 0 Å². The van der Waals surface area contributed by atoms with Gasteiger partial charge in [-0.25, -0.2) is 4.79 Å². The Bertz CT molecular complexity index is 989. The summed E-state index contributed by atoms with van der Waals surface area (Å²) in [6.45, 7) is 5.00. The van der Waals surface area contributed by atoms with Crippen molar-refractivity contribution in [2.75, 3.05) is 11.9 Å². The molecule has 0 radical (unpaired) electrons. The zero-order valence-electron chi connectivity index (χ0n) is 16.5. The summed E-state index contributed by atoms with van der Waals surface area (Å²) >= 11 is 0. The van der Waals surface area contributed by atoms with Crippen LogP contribution in [0.15, 0.2) is 48.9 Å². The molecule has 0 bridgehead atoms. The molecule has 1 fully saturated rings. The second-order valence-corrected chi connectivity index (χ2v) is 7.39. The molecule has 2 aromatic heterocycles. The van der Waals surface area contributed by atoms with Gasteiger partial charge in [-0.05, 0) is 55.5 Å². The Balaban J connectivity index is 1.61. The van der Waals surface area contributed by atoms with Crippen LogP contribution in [0.5, 0.6) is 0 Å². The molecule has 6 nitrogen and oxygen atoms in total. The van der Waals surface area contributed by atoms with Crippen LogP contribution in [0.4, 0.5) is 10.5 Å². The molecular formula is C22H25N5O. The SMILES string of the molecule is Cc1cccc(C)c1C1CCCN1C(=O)Nc1cccnc1-c1cnn(C)c1. The van der Waals surface area contributed by atoms with Gasteiger partial charge in [-0.3, -0.25) is 9.67 Å². The molecule has 144 valence electrons. The highest BCUT2D eigenvalue weighted by Gasteiger charge is 2.32. The lowest BCUT2D eigenvalue weighted by Gasteiger charge is -2.28. The van der Waals surface area contributed by atoms with Gasteiger partial charge in [-0.2, -0.15) is 5.10 Å². The molecule has 1 N–H and O–H groups in total. The Morgan fingerprint density at radius 1 is 1.18 bits per heavy atom. The van der Waals surface area contributed by atoms with Crippen molar-refractivity contribution in [2.45, 2.75) is 32.7 Å². The van der Waals surface area contributed by atoms with Crippen molar-refractivity contribution in [3.63, 3.8) is 0 Å². The number of rotatable bonds is 3. The Kier molecular flexibility index (Phi) is 4.86. The minimum absolute atomic E-state index is 0.0803. The zero-order chi connectivity index (χ0) is 19.7. The number of benzene rings is 1. The van der Waals surface area contributed by atoms with Gasteiger partial charge < -0.3 is 10.2 Å². The molecule has 28 heavy (non-hydrogen) atoms. The molecule has 1 atom stereocenters. The highest BCUT2D eigenvalue weighted by atomic mass is 16.2. The van der Waals surface area contributed by atoms with Gasteiger partial charge >= 0.3 is 6.03 Å². The van der Waals surface area contributed by atoms with E-state index in [1.54, 1.807) is 17.1 Å². The topological polar surface area (TPSA) is 63.1 Å². The Hall–Kier alpha value is -3.15. The van der Waals surface area contributed by atoms with Crippen molar-refractivity contribution < 1.29 is 4.79 Å². The van der Waals surface area contributed by atoms with E-state index in [9.17, 15) is 4.79 Å². The lowest BCUT2D eigenvalue weighted by Crippen LogP contribution is -2.35. The Morgan fingerprint density at radius 3 is 2.68 bits per heavy atom. The van der Waals surface area contributed by atoms with Crippen LogP contribution in [0.25, 0.3) is 11.3 Å². The van der Waals surface area contributed by atoms with E-state index in [2.05, 4.69) is 47.4 Å². The number of amides is 2. The minimum atomic E-state index is -0.0803. The quantitative estimate of drug-likeness (QED) is 0.735. The van der Waals surface area contributed by atoms with Crippen molar-refractivity contribution in [3.05, 3.63) is 65.6 Å². The lowest BCUT2D eigenvalue weighted by atomic mass is 9.94. The molecular weight excluding hydrogens is 350 g/mol. The maximum Gasteiger partial charge on any atom is 0.322 e. The predicted molar refractivity (Wildman–Crippen MR) is 110 cm³/mol. The van der Waals surface area contributed by atoms with Gasteiger partial charge in [-0.15, -0.1) is 0 Å². The number of aryl methyl sites for hydroxylation is 3. The summed E-state index contributed by atoms with van der Waals surface area (Å²) in [4.78, 5) is 19.6. The largest absolute Gasteiger partial charge is 0.322 e. The molecule has 0 aliphatic carbocycles. The van der Waals surface area contributed by atoms with Crippen molar-refractivity contribution in [2.24, 2.45) is 7.05 Å². The molecule has 0 saturated carbocycles. The average Bonchev–Trinajstić information content (AvgIpc) is 3.31. The fraction of sp³-hybridized carbons (Fsp3) is 0.318. The summed E-state index contributed by atoms with van der Waals surface area (Å²) in [6, 6.07) is 10.1. The van der Waals surface area contributed by atoms with Crippen LogP contribution >= 0.6 is 0 Å². The number of likely N-dealkylation sites (tertiary alicyclic amines) is 1. The molecule has 3 heterocycles. The van der Waals surface area contributed by atoms with Gasteiger partial charge in [0.25, 0.3) is 0 Å². The predicted octanol–water partition coefficient (Wildman–Crippen LogP) is 4.47. The first-order chi connectivity index (χ1) is 13.5. The van der Waals surface area contributed by atoms with Crippen LogP contribution in [0.3, 0.4) is 0 Å². The summed E-state index contributed by atoms with van der Waals surface area (Å²) in [7, 11) is 1.87. The number of hydrogen-bond donors (Lipinski definition) is 1. The first-order valence-electron chi connectivity index (χ1n) is 9.62. The molecule has 3 aromatic rings. The number of urea groups is 1. The fourth-order valence-corrected chi connectivity index (χ4v) is 4.13. The van der Waals surface area contributed by atoms with Crippen LogP contribution in [0.1, 0.15) is 35.6 Å². The van der Waals surface area contributed by atoms with Gasteiger partial charge in [-0.1, -0.05) is 18.2 Å². The number of carbonyl (C=O) groups excluding carboxylic acids is 1. The number of aromatic nitrogens is 3. The standard InChI is InChI=1S/C22H25N5O/c1-15-7-4-8-16(2)20(15)19-10-6-12-27(19)22(28)25-18-9-5-11-23-21(18)17-13-24-26(3)14-17/h4-5,7-9,11,13-14,19H,6,10,12H2,1-3H3,(H,25,28). The van der Waals surface area contributed by atoms with E-state index >= 15 is 0 Å². The van der Waals surface area contributed by atoms with Crippen molar-refractivity contribution in [3.8, 4) is 11.3 Å². The maximum atomic E-state index is 13.2. The minimum Gasteiger partial charge on any atom is -0.317 e. The summed E-state index contributed by atoms with van der Waals surface area (Å²) < 4.78 is 1.73. The highest BCUT2D eigenvalue weighted by molar-refractivity contribution is 5.93. The Labute approximate surface area is 165 Å². The molecule has 1 saturated heterocycles. The van der Waals surface area contributed by atoms with Crippen molar-refractivity contribution in [1.29, 1.82) is 0 Å². The van der Waals surface area contributed by atoms with Gasteiger partial charge in [0.2, 0.25) is 0 Å². The third kappa shape index (κ3) is 3.38. The number of hydrogen-bond acceptors (Lipinski definition) is 3. The first-order valence-corrected chi connectivity index (χ1v) is 9.62. The van der Waals surface area contributed by atoms with Crippen molar-refractivity contribution >= 4 is 11.7 Å².